The zero-order valence-corrected chi connectivity index (χ0v) is 11.3. The molecule has 18 heavy (non-hydrogen) atoms. The second-order valence-electron chi connectivity index (χ2n) is 4.64. The van der Waals surface area contributed by atoms with E-state index in [0.717, 1.165) is 37.0 Å². The lowest BCUT2D eigenvalue weighted by Crippen LogP contribution is -2.21. The summed E-state index contributed by atoms with van der Waals surface area (Å²) in [5.41, 5.74) is 5.76. The number of aryl methyl sites for hydroxylation is 1. The minimum absolute atomic E-state index is 0.0273. The second-order valence-corrected chi connectivity index (χ2v) is 5.78. The number of hydrogen-bond acceptors (Lipinski definition) is 3. The molecule has 2 amide bonds. The van der Waals surface area contributed by atoms with E-state index in [4.69, 9.17) is 5.73 Å². The van der Waals surface area contributed by atoms with Gasteiger partial charge in [0.15, 0.2) is 0 Å². The molecule has 0 aliphatic heterocycles. The van der Waals surface area contributed by atoms with Crippen LogP contribution in [-0.4, -0.2) is 11.8 Å². The van der Waals surface area contributed by atoms with Crippen LogP contribution in [0.1, 0.15) is 47.8 Å². The van der Waals surface area contributed by atoms with Gasteiger partial charge in [-0.3, -0.25) is 9.59 Å². The molecule has 0 radical (unpaired) electrons. The molecule has 1 aliphatic carbocycles. The maximum atomic E-state index is 12.0. The molecule has 1 fully saturated rings. The summed E-state index contributed by atoms with van der Waals surface area (Å²) >= 11 is 1.44. The third-order valence-electron chi connectivity index (χ3n) is 3.36. The molecule has 1 aliphatic rings. The molecule has 2 rings (SSSR count). The quantitative estimate of drug-likeness (QED) is 0.879. The number of hydrogen-bond donors (Lipinski definition) is 2. The summed E-state index contributed by atoms with van der Waals surface area (Å²) < 4.78 is 0. The van der Waals surface area contributed by atoms with Crippen LogP contribution in [-0.2, 0) is 11.2 Å². The van der Waals surface area contributed by atoms with E-state index in [9.17, 15) is 9.59 Å². The number of primary amides is 1. The summed E-state index contributed by atoms with van der Waals surface area (Å²) in [6.07, 6.45) is 4.97. The van der Waals surface area contributed by atoms with Gasteiger partial charge in [0.2, 0.25) is 5.91 Å². The monoisotopic (exact) mass is 266 g/mol. The van der Waals surface area contributed by atoms with Crippen molar-refractivity contribution in [2.24, 2.45) is 11.7 Å². The highest BCUT2D eigenvalue weighted by molar-refractivity contribution is 7.16. The van der Waals surface area contributed by atoms with Crippen LogP contribution in [0.4, 0.5) is 5.00 Å². The first-order valence-corrected chi connectivity index (χ1v) is 7.16. The van der Waals surface area contributed by atoms with Crippen molar-refractivity contribution in [1.82, 2.24) is 0 Å². The van der Waals surface area contributed by atoms with Gasteiger partial charge in [-0.15, -0.1) is 11.3 Å². The lowest BCUT2D eigenvalue weighted by atomic mass is 10.1. The van der Waals surface area contributed by atoms with Gasteiger partial charge in [-0.25, -0.2) is 0 Å². The number of rotatable bonds is 4. The third-order valence-corrected chi connectivity index (χ3v) is 4.55. The molecule has 1 aromatic rings. The SMILES string of the molecule is CCc1cc(C(N)=O)c(NC(=O)C2CCCC2)s1. The molecule has 0 unspecified atom stereocenters. The number of amides is 2. The van der Waals surface area contributed by atoms with Crippen LogP contribution >= 0.6 is 11.3 Å². The average Bonchev–Trinajstić information content (AvgIpc) is 2.97. The van der Waals surface area contributed by atoms with Gasteiger partial charge < -0.3 is 11.1 Å². The van der Waals surface area contributed by atoms with Crippen LogP contribution in [0.3, 0.4) is 0 Å². The Hall–Kier alpha value is -1.36. The normalized spacial score (nSPS) is 15.8. The fourth-order valence-electron chi connectivity index (χ4n) is 2.29. The maximum absolute atomic E-state index is 12.0. The van der Waals surface area contributed by atoms with Crippen LogP contribution in [0.15, 0.2) is 6.07 Å². The van der Waals surface area contributed by atoms with Crippen LogP contribution in [0.5, 0.6) is 0 Å². The summed E-state index contributed by atoms with van der Waals surface area (Å²) in [7, 11) is 0. The van der Waals surface area contributed by atoms with Crippen molar-refractivity contribution in [3.63, 3.8) is 0 Å². The van der Waals surface area contributed by atoms with E-state index < -0.39 is 5.91 Å². The van der Waals surface area contributed by atoms with Gasteiger partial charge >= 0.3 is 0 Å². The van der Waals surface area contributed by atoms with E-state index in [2.05, 4.69) is 5.32 Å². The van der Waals surface area contributed by atoms with Gasteiger partial charge in [0.25, 0.3) is 5.91 Å². The third kappa shape index (κ3) is 2.72. The lowest BCUT2D eigenvalue weighted by molar-refractivity contribution is -0.119. The Balaban J connectivity index is 2.14. The predicted molar refractivity (Wildman–Crippen MR) is 72.8 cm³/mol. The molecule has 0 aromatic carbocycles. The Bertz CT molecular complexity index is 462. The highest BCUT2D eigenvalue weighted by Gasteiger charge is 2.24. The Labute approximate surface area is 111 Å². The number of anilines is 1. The molecule has 0 atom stereocenters. The standard InChI is InChI=1S/C13H18N2O2S/c1-2-9-7-10(11(14)16)13(18-9)15-12(17)8-5-3-4-6-8/h7-8H,2-6H2,1H3,(H2,14,16)(H,15,17). The number of carbonyl (C=O) groups excluding carboxylic acids is 2. The predicted octanol–water partition coefficient (Wildman–Crippen LogP) is 2.54. The molecule has 5 heteroatoms. The summed E-state index contributed by atoms with van der Waals surface area (Å²) in [5.74, 6) is -0.356. The largest absolute Gasteiger partial charge is 0.366 e. The van der Waals surface area contributed by atoms with Crippen molar-refractivity contribution >= 4 is 28.2 Å². The van der Waals surface area contributed by atoms with E-state index >= 15 is 0 Å². The average molecular weight is 266 g/mol. The first kappa shape index (κ1) is 13.1. The maximum Gasteiger partial charge on any atom is 0.251 e. The minimum atomic E-state index is -0.479. The highest BCUT2D eigenvalue weighted by atomic mass is 32.1. The van der Waals surface area contributed by atoms with E-state index in [-0.39, 0.29) is 11.8 Å². The van der Waals surface area contributed by atoms with Crippen LogP contribution in [0.2, 0.25) is 0 Å². The first-order valence-electron chi connectivity index (χ1n) is 6.35. The van der Waals surface area contributed by atoms with E-state index in [1.807, 2.05) is 6.92 Å². The Morgan fingerprint density at radius 1 is 1.44 bits per heavy atom. The summed E-state index contributed by atoms with van der Waals surface area (Å²) in [5, 5.41) is 3.47. The second kappa shape index (κ2) is 5.52. The van der Waals surface area contributed by atoms with Crippen LogP contribution in [0.25, 0.3) is 0 Å². The Morgan fingerprint density at radius 3 is 2.67 bits per heavy atom. The molecule has 4 nitrogen and oxygen atoms in total. The topological polar surface area (TPSA) is 72.2 Å². The Morgan fingerprint density at radius 2 is 2.11 bits per heavy atom. The molecular weight excluding hydrogens is 248 g/mol. The zero-order valence-electron chi connectivity index (χ0n) is 10.5. The zero-order chi connectivity index (χ0) is 13.1. The fraction of sp³-hybridized carbons (Fsp3) is 0.538. The van der Waals surface area contributed by atoms with Crippen molar-refractivity contribution in [1.29, 1.82) is 0 Å². The molecule has 0 bridgehead atoms. The van der Waals surface area contributed by atoms with Crippen molar-refractivity contribution in [2.45, 2.75) is 39.0 Å². The number of thiophene rings is 1. The molecule has 0 spiro atoms. The van der Waals surface area contributed by atoms with Crippen molar-refractivity contribution < 1.29 is 9.59 Å². The van der Waals surface area contributed by atoms with E-state index in [1.165, 1.54) is 11.3 Å². The van der Waals surface area contributed by atoms with Gasteiger partial charge in [0.05, 0.1) is 5.56 Å². The lowest BCUT2D eigenvalue weighted by Gasteiger charge is -2.09. The molecular formula is C13H18N2O2S. The van der Waals surface area contributed by atoms with Crippen LogP contribution < -0.4 is 11.1 Å². The molecule has 1 heterocycles. The smallest absolute Gasteiger partial charge is 0.251 e. The van der Waals surface area contributed by atoms with Crippen LogP contribution in [0, 0.1) is 5.92 Å². The fourth-order valence-corrected chi connectivity index (χ4v) is 3.30. The summed E-state index contributed by atoms with van der Waals surface area (Å²) in [6, 6.07) is 1.78. The van der Waals surface area contributed by atoms with Crippen molar-refractivity contribution in [3.8, 4) is 0 Å². The van der Waals surface area contributed by atoms with Gasteiger partial charge in [-0.2, -0.15) is 0 Å². The molecule has 3 N–H and O–H groups in total. The molecule has 1 saturated carbocycles. The van der Waals surface area contributed by atoms with Gasteiger partial charge in [0, 0.05) is 10.8 Å². The number of carbonyl (C=O) groups is 2. The van der Waals surface area contributed by atoms with Crippen molar-refractivity contribution in [2.75, 3.05) is 5.32 Å². The minimum Gasteiger partial charge on any atom is -0.366 e. The van der Waals surface area contributed by atoms with Gasteiger partial charge in [-0.05, 0) is 25.3 Å². The highest BCUT2D eigenvalue weighted by Crippen LogP contribution is 2.31. The number of nitrogens with two attached hydrogens (primary N) is 1. The Kier molecular flexibility index (Phi) is 4.01. The van der Waals surface area contributed by atoms with Crippen molar-refractivity contribution in [3.05, 3.63) is 16.5 Å². The number of nitrogens with one attached hydrogen (secondary N) is 1. The van der Waals surface area contributed by atoms with E-state index in [0.29, 0.717) is 10.6 Å². The first-order chi connectivity index (χ1) is 8.61. The molecule has 0 saturated heterocycles. The summed E-state index contributed by atoms with van der Waals surface area (Å²) in [6.45, 7) is 2.01. The molecule has 1 aromatic heterocycles. The summed E-state index contributed by atoms with van der Waals surface area (Å²) in [4.78, 5) is 24.4. The van der Waals surface area contributed by atoms with E-state index in [1.54, 1.807) is 6.07 Å². The molecule has 98 valence electrons. The van der Waals surface area contributed by atoms with Gasteiger partial charge in [-0.1, -0.05) is 19.8 Å². The van der Waals surface area contributed by atoms with Gasteiger partial charge in [0.1, 0.15) is 5.00 Å².